The van der Waals surface area contributed by atoms with E-state index in [-0.39, 0.29) is 11.1 Å². The highest BCUT2D eigenvalue weighted by Gasteiger charge is 2.21. The SMILES string of the molecule is C=C1Oc2c(Cl)cccc2C=C1C(=O)CBr. The Balaban J connectivity index is 2.53. The Kier molecular flexibility index (Phi) is 3.17. The number of halogens is 2. The Morgan fingerprint density at radius 3 is 2.94 bits per heavy atom. The van der Waals surface area contributed by atoms with Crippen LogP contribution >= 0.6 is 27.5 Å². The molecule has 0 saturated heterocycles. The summed E-state index contributed by atoms with van der Waals surface area (Å²) in [6.07, 6.45) is 1.75. The molecule has 1 aromatic rings. The third kappa shape index (κ3) is 1.93. The summed E-state index contributed by atoms with van der Waals surface area (Å²) >= 11 is 9.10. The van der Waals surface area contributed by atoms with Crippen LogP contribution in [0.2, 0.25) is 5.02 Å². The number of fused-ring (bicyclic) bond motifs is 1. The van der Waals surface area contributed by atoms with E-state index in [0.29, 0.717) is 22.1 Å². The molecule has 2 nitrogen and oxygen atoms in total. The van der Waals surface area contributed by atoms with Crippen molar-refractivity contribution in [2.24, 2.45) is 0 Å². The zero-order chi connectivity index (χ0) is 11.7. The van der Waals surface area contributed by atoms with Crippen molar-refractivity contribution in [3.8, 4) is 5.75 Å². The van der Waals surface area contributed by atoms with Crippen LogP contribution in [0.5, 0.6) is 5.75 Å². The quantitative estimate of drug-likeness (QED) is 0.780. The van der Waals surface area contributed by atoms with Crippen LogP contribution in [0.15, 0.2) is 36.1 Å². The molecule has 0 N–H and O–H groups in total. The van der Waals surface area contributed by atoms with Crippen LogP contribution in [0.1, 0.15) is 5.56 Å². The lowest BCUT2D eigenvalue weighted by Gasteiger charge is -2.19. The van der Waals surface area contributed by atoms with Gasteiger partial charge in [0.05, 0.1) is 15.9 Å². The minimum atomic E-state index is -0.0596. The van der Waals surface area contributed by atoms with Crippen LogP contribution < -0.4 is 4.74 Å². The average molecular weight is 300 g/mol. The predicted molar refractivity (Wildman–Crippen MR) is 68.0 cm³/mol. The monoisotopic (exact) mass is 298 g/mol. The zero-order valence-electron chi connectivity index (χ0n) is 8.30. The number of rotatable bonds is 2. The Bertz CT molecular complexity index is 506. The highest BCUT2D eigenvalue weighted by molar-refractivity contribution is 9.09. The van der Waals surface area contributed by atoms with Crippen molar-refractivity contribution in [2.45, 2.75) is 0 Å². The number of hydrogen-bond donors (Lipinski definition) is 0. The molecule has 0 spiro atoms. The van der Waals surface area contributed by atoms with Crippen LogP contribution in [0.4, 0.5) is 0 Å². The number of benzene rings is 1. The van der Waals surface area contributed by atoms with Crippen LogP contribution in [-0.4, -0.2) is 11.1 Å². The molecular formula is C12H8BrClO2. The van der Waals surface area contributed by atoms with Crippen molar-refractivity contribution in [1.29, 1.82) is 0 Å². The molecule has 0 bridgehead atoms. The van der Waals surface area contributed by atoms with Crippen molar-refractivity contribution in [1.82, 2.24) is 0 Å². The summed E-state index contributed by atoms with van der Waals surface area (Å²) in [7, 11) is 0. The summed E-state index contributed by atoms with van der Waals surface area (Å²) < 4.78 is 5.46. The molecule has 0 radical (unpaired) electrons. The van der Waals surface area contributed by atoms with Crippen molar-refractivity contribution in [2.75, 3.05) is 5.33 Å². The molecule has 0 aromatic heterocycles. The van der Waals surface area contributed by atoms with Gasteiger partial charge in [0, 0.05) is 5.56 Å². The molecule has 1 aliphatic rings. The first-order valence-electron chi connectivity index (χ1n) is 4.60. The molecule has 16 heavy (non-hydrogen) atoms. The maximum Gasteiger partial charge on any atom is 0.177 e. The fourth-order valence-corrected chi connectivity index (χ4v) is 1.99. The summed E-state index contributed by atoms with van der Waals surface area (Å²) in [6, 6.07) is 5.39. The average Bonchev–Trinajstić information content (AvgIpc) is 2.29. The molecule has 0 atom stereocenters. The number of Topliss-reactive ketones (excluding diaryl/α,β-unsaturated/α-hetero) is 1. The normalized spacial score (nSPS) is 13.9. The smallest absolute Gasteiger partial charge is 0.177 e. The predicted octanol–water partition coefficient (Wildman–Crippen LogP) is 3.59. The van der Waals surface area contributed by atoms with E-state index in [1.807, 2.05) is 12.1 Å². The van der Waals surface area contributed by atoms with Gasteiger partial charge in [-0.25, -0.2) is 0 Å². The van der Waals surface area contributed by atoms with E-state index in [4.69, 9.17) is 16.3 Å². The number of alkyl halides is 1. The Labute approximate surface area is 107 Å². The number of para-hydroxylation sites is 1. The summed E-state index contributed by atoms with van der Waals surface area (Å²) in [4.78, 5) is 11.6. The molecule has 82 valence electrons. The van der Waals surface area contributed by atoms with Crippen LogP contribution in [-0.2, 0) is 4.79 Å². The van der Waals surface area contributed by atoms with E-state index >= 15 is 0 Å². The number of carbonyl (C=O) groups is 1. The largest absolute Gasteiger partial charge is 0.455 e. The van der Waals surface area contributed by atoms with E-state index in [0.717, 1.165) is 5.56 Å². The molecule has 0 fully saturated rings. The Morgan fingerprint density at radius 1 is 1.50 bits per heavy atom. The fraction of sp³-hybridized carbons (Fsp3) is 0.0833. The lowest BCUT2D eigenvalue weighted by Crippen LogP contribution is -2.13. The summed E-state index contributed by atoms with van der Waals surface area (Å²) in [6.45, 7) is 3.71. The molecule has 4 heteroatoms. The number of ether oxygens (including phenoxy) is 1. The zero-order valence-corrected chi connectivity index (χ0v) is 10.6. The third-order valence-corrected chi connectivity index (χ3v) is 3.05. The summed E-state index contributed by atoms with van der Waals surface area (Å²) in [5, 5.41) is 0.761. The summed E-state index contributed by atoms with van der Waals surface area (Å²) in [5.74, 6) is 0.834. The second kappa shape index (κ2) is 4.44. The van der Waals surface area contributed by atoms with Gasteiger partial charge in [-0.2, -0.15) is 0 Å². The molecule has 0 aliphatic carbocycles. The molecule has 1 aliphatic heterocycles. The van der Waals surface area contributed by atoms with Gasteiger partial charge < -0.3 is 4.74 Å². The lowest BCUT2D eigenvalue weighted by atomic mass is 10.0. The first-order chi connectivity index (χ1) is 7.63. The molecule has 2 rings (SSSR count). The number of ketones is 1. The van der Waals surface area contributed by atoms with Gasteiger partial charge in [-0.3, -0.25) is 4.79 Å². The van der Waals surface area contributed by atoms with Crippen molar-refractivity contribution in [3.05, 3.63) is 46.7 Å². The standard InChI is InChI=1S/C12H8BrClO2/c1-7-9(11(15)6-13)5-8-3-2-4-10(14)12(8)16-7/h2-5H,1,6H2. The molecule has 1 aromatic carbocycles. The molecule has 0 amide bonds. The van der Waals surface area contributed by atoms with Gasteiger partial charge in [0.25, 0.3) is 0 Å². The first-order valence-corrected chi connectivity index (χ1v) is 6.10. The van der Waals surface area contributed by atoms with E-state index in [2.05, 4.69) is 22.5 Å². The first kappa shape index (κ1) is 11.4. The molecule has 1 heterocycles. The third-order valence-electron chi connectivity index (χ3n) is 2.24. The van der Waals surface area contributed by atoms with E-state index in [1.165, 1.54) is 0 Å². The van der Waals surface area contributed by atoms with Gasteiger partial charge in [-0.1, -0.05) is 46.2 Å². The van der Waals surface area contributed by atoms with Gasteiger partial charge >= 0.3 is 0 Å². The van der Waals surface area contributed by atoms with E-state index in [1.54, 1.807) is 12.1 Å². The molecular weight excluding hydrogens is 291 g/mol. The van der Waals surface area contributed by atoms with E-state index in [9.17, 15) is 4.79 Å². The molecule has 0 saturated carbocycles. The molecule has 0 unspecified atom stereocenters. The van der Waals surface area contributed by atoms with Crippen molar-refractivity contribution in [3.63, 3.8) is 0 Å². The van der Waals surface area contributed by atoms with E-state index < -0.39 is 0 Å². The Hall–Kier alpha value is -1.06. The fourth-order valence-electron chi connectivity index (χ4n) is 1.47. The maximum absolute atomic E-state index is 11.6. The minimum absolute atomic E-state index is 0.0596. The van der Waals surface area contributed by atoms with Crippen LogP contribution in [0.3, 0.4) is 0 Å². The second-order valence-corrected chi connectivity index (χ2v) is 4.27. The van der Waals surface area contributed by atoms with Gasteiger partial charge in [0.2, 0.25) is 0 Å². The number of carbonyl (C=O) groups excluding carboxylic acids is 1. The van der Waals surface area contributed by atoms with Crippen LogP contribution in [0, 0.1) is 0 Å². The van der Waals surface area contributed by atoms with Crippen molar-refractivity contribution >= 4 is 39.4 Å². The highest BCUT2D eigenvalue weighted by atomic mass is 79.9. The van der Waals surface area contributed by atoms with Crippen LogP contribution in [0.25, 0.3) is 6.08 Å². The van der Waals surface area contributed by atoms with Gasteiger partial charge in [0.15, 0.2) is 11.5 Å². The number of allylic oxidation sites excluding steroid dienone is 1. The highest BCUT2D eigenvalue weighted by Crippen LogP contribution is 2.36. The van der Waals surface area contributed by atoms with Crippen molar-refractivity contribution < 1.29 is 9.53 Å². The van der Waals surface area contributed by atoms with Gasteiger partial charge in [0.1, 0.15) is 5.76 Å². The second-order valence-electron chi connectivity index (χ2n) is 3.30. The topological polar surface area (TPSA) is 26.3 Å². The lowest BCUT2D eigenvalue weighted by molar-refractivity contribution is -0.113. The minimum Gasteiger partial charge on any atom is -0.455 e. The summed E-state index contributed by atoms with van der Waals surface area (Å²) in [5.41, 5.74) is 1.27. The Morgan fingerprint density at radius 2 is 2.25 bits per heavy atom. The maximum atomic E-state index is 11.6. The van der Waals surface area contributed by atoms with Gasteiger partial charge in [-0.15, -0.1) is 0 Å². The number of hydrogen-bond acceptors (Lipinski definition) is 2. The van der Waals surface area contributed by atoms with Gasteiger partial charge in [-0.05, 0) is 12.1 Å².